The van der Waals surface area contributed by atoms with Crippen molar-refractivity contribution in [2.45, 2.75) is 24.5 Å². The summed E-state index contributed by atoms with van der Waals surface area (Å²) in [5, 5.41) is 2.93. The van der Waals surface area contributed by atoms with Crippen molar-refractivity contribution < 1.29 is 19.1 Å². The second-order valence-corrected chi connectivity index (χ2v) is 6.78. The van der Waals surface area contributed by atoms with Gasteiger partial charge >= 0.3 is 6.03 Å². The number of methoxy groups -OCH3 is 1. The van der Waals surface area contributed by atoms with Gasteiger partial charge in [0, 0.05) is 44.4 Å². The topological polar surface area (TPSA) is 84.0 Å². The molecular weight excluding hydrogens is 324 g/mol. The molecule has 0 aromatic carbocycles. The first-order chi connectivity index (χ1) is 12.1. The molecule has 8 heteroatoms. The van der Waals surface area contributed by atoms with E-state index in [1.54, 1.807) is 7.11 Å². The van der Waals surface area contributed by atoms with Crippen molar-refractivity contribution in [2.24, 2.45) is 0 Å². The Bertz CT molecular complexity index is 659. The predicted molar refractivity (Wildman–Crippen MR) is 88.4 cm³/mol. The molecule has 0 spiro atoms. The summed E-state index contributed by atoms with van der Waals surface area (Å²) in [6.07, 6.45) is 2.60. The zero-order valence-electron chi connectivity index (χ0n) is 14.2. The number of aromatic nitrogens is 1. The molecule has 134 valence electrons. The first kappa shape index (κ1) is 16.1. The molecule has 1 aromatic heterocycles. The Morgan fingerprint density at radius 2 is 2.16 bits per heavy atom. The maximum Gasteiger partial charge on any atom is 0.320 e. The van der Waals surface area contributed by atoms with Gasteiger partial charge in [-0.3, -0.25) is 4.79 Å². The molecule has 4 heterocycles. The lowest BCUT2D eigenvalue weighted by molar-refractivity contribution is -0.139. The Morgan fingerprint density at radius 1 is 1.32 bits per heavy atom. The van der Waals surface area contributed by atoms with Crippen LogP contribution in [-0.4, -0.2) is 78.8 Å². The van der Waals surface area contributed by atoms with Gasteiger partial charge in [0.25, 0.3) is 0 Å². The van der Waals surface area contributed by atoms with Gasteiger partial charge in [-0.2, -0.15) is 0 Å². The Morgan fingerprint density at radius 3 is 2.88 bits per heavy atom. The van der Waals surface area contributed by atoms with Crippen LogP contribution in [0.4, 0.5) is 4.79 Å². The largest absolute Gasteiger partial charge is 0.481 e. The van der Waals surface area contributed by atoms with Crippen LogP contribution in [0, 0.1) is 0 Å². The van der Waals surface area contributed by atoms with Crippen molar-refractivity contribution in [1.29, 1.82) is 0 Å². The average molecular weight is 346 g/mol. The third-order valence-electron chi connectivity index (χ3n) is 5.19. The number of amides is 3. The molecule has 0 aliphatic carbocycles. The number of fused-ring (bicyclic) bond motifs is 1. The maximum absolute atomic E-state index is 12.7. The van der Waals surface area contributed by atoms with E-state index in [0.29, 0.717) is 38.0 Å². The fraction of sp³-hybridized carbons (Fsp3) is 0.588. The van der Waals surface area contributed by atoms with Crippen molar-refractivity contribution >= 4 is 11.9 Å². The molecule has 3 amide bonds. The van der Waals surface area contributed by atoms with Gasteiger partial charge in [-0.25, -0.2) is 9.78 Å². The lowest BCUT2D eigenvalue weighted by Crippen LogP contribution is -2.63. The van der Waals surface area contributed by atoms with E-state index in [2.05, 4.69) is 10.3 Å². The van der Waals surface area contributed by atoms with Crippen LogP contribution in [-0.2, 0) is 9.53 Å². The summed E-state index contributed by atoms with van der Waals surface area (Å²) < 4.78 is 10.6. The normalized spacial score (nSPS) is 26.5. The Hall–Kier alpha value is -2.35. The van der Waals surface area contributed by atoms with E-state index in [4.69, 9.17) is 9.47 Å². The summed E-state index contributed by atoms with van der Waals surface area (Å²) in [4.78, 5) is 32.0. The van der Waals surface area contributed by atoms with Gasteiger partial charge in [0.2, 0.25) is 11.8 Å². The Labute approximate surface area is 146 Å². The highest BCUT2D eigenvalue weighted by Crippen LogP contribution is 2.29. The van der Waals surface area contributed by atoms with Crippen LogP contribution in [0.5, 0.6) is 5.88 Å². The summed E-state index contributed by atoms with van der Waals surface area (Å²) in [6.45, 7) is 2.70. The summed E-state index contributed by atoms with van der Waals surface area (Å²) in [7, 11) is 1.59. The minimum Gasteiger partial charge on any atom is -0.481 e. The molecular formula is C17H22N4O4. The first-order valence-electron chi connectivity index (χ1n) is 8.59. The fourth-order valence-electron chi connectivity index (χ4n) is 3.67. The van der Waals surface area contributed by atoms with Crippen LogP contribution < -0.4 is 10.1 Å². The molecule has 25 heavy (non-hydrogen) atoms. The minimum atomic E-state index is -0.105. The van der Waals surface area contributed by atoms with Gasteiger partial charge in [0.05, 0.1) is 19.3 Å². The van der Waals surface area contributed by atoms with Crippen molar-refractivity contribution in [3.63, 3.8) is 0 Å². The second-order valence-electron chi connectivity index (χ2n) is 6.78. The number of nitrogens with zero attached hydrogens (tertiary/aromatic N) is 3. The van der Waals surface area contributed by atoms with E-state index in [1.807, 2.05) is 28.1 Å². The van der Waals surface area contributed by atoms with Gasteiger partial charge in [0.1, 0.15) is 6.61 Å². The maximum atomic E-state index is 12.7. The molecule has 0 unspecified atom stereocenters. The number of pyridine rings is 1. The third-order valence-corrected chi connectivity index (χ3v) is 5.19. The minimum absolute atomic E-state index is 0.0243. The number of piperidine rings is 1. The molecule has 3 aliphatic rings. The summed E-state index contributed by atoms with van der Waals surface area (Å²) in [6, 6.07) is 3.78. The molecule has 3 saturated heterocycles. The number of likely N-dealkylation sites (tertiary alicyclic amines) is 2. The zero-order chi connectivity index (χ0) is 17.4. The number of rotatable bonds is 2. The first-order valence-corrected chi connectivity index (χ1v) is 8.59. The molecule has 2 atom stereocenters. The number of carbonyl (C=O) groups excluding carboxylic acids is 2. The highest BCUT2D eigenvalue weighted by atomic mass is 16.5. The molecule has 3 fully saturated rings. The number of urea groups is 1. The van der Waals surface area contributed by atoms with Gasteiger partial charge in [0.15, 0.2) is 0 Å². The molecule has 8 nitrogen and oxygen atoms in total. The van der Waals surface area contributed by atoms with E-state index in [1.165, 1.54) is 0 Å². The number of ether oxygens (including phenoxy) is 2. The predicted octanol–water partition coefficient (Wildman–Crippen LogP) is 0.199. The van der Waals surface area contributed by atoms with Crippen molar-refractivity contribution in [3.8, 4) is 5.88 Å². The van der Waals surface area contributed by atoms with Crippen LogP contribution in [0.25, 0.3) is 0 Å². The van der Waals surface area contributed by atoms with E-state index < -0.39 is 0 Å². The molecule has 4 rings (SSSR count). The van der Waals surface area contributed by atoms with Gasteiger partial charge in [-0.15, -0.1) is 0 Å². The lowest BCUT2D eigenvalue weighted by atomic mass is 9.93. The smallest absolute Gasteiger partial charge is 0.320 e. The van der Waals surface area contributed by atoms with Crippen LogP contribution in [0.15, 0.2) is 18.3 Å². The lowest BCUT2D eigenvalue weighted by Gasteiger charge is -2.46. The quantitative estimate of drug-likeness (QED) is 0.827. The summed E-state index contributed by atoms with van der Waals surface area (Å²) in [5.41, 5.74) is 1.12. The van der Waals surface area contributed by atoms with Crippen LogP contribution in [0.3, 0.4) is 0 Å². The zero-order valence-corrected chi connectivity index (χ0v) is 14.2. The van der Waals surface area contributed by atoms with Crippen LogP contribution >= 0.6 is 0 Å². The van der Waals surface area contributed by atoms with E-state index in [-0.39, 0.29) is 30.7 Å². The molecule has 0 bridgehead atoms. The van der Waals surface area contributed by atoms with E-state index in [9.17, 15) is 9.59 Å². The van der Waals surface area contributed by atoms with Crippen molar-refractivity contribution in [3.05, 3.63) is 23.9 Å². The van der Waals surface area contributed by atoms with Gasteiger partial charge in [-0.1, -0.05) is 6.07 Å². The van der Waals surface area contributed by atoms with Gasteiger partial charge in [-0.05, 0) is 12.0 Å². The number of morpholine rings is 1. The average Bonchev–Trinajstić information content (AvgIpc) is 2.60. The standard InChI is InChI=1S/C17H22N4O4/c1-24-16-3-2-11(6-18-16)12-7-21(8-12)17(23)20-5-4-14-13(9-20)19-15(22)10-25-14/h2-3,6,12-14H,4-5,7-10H2,1H3,(H,19,22)/t13-,14+/m1/s1. The Balaban J connectivity index is 1.31. The monoisotopic (exact) mass is 346 g/mol. The highest BCUT2D eigenvalue weighted by Gasteiger charge is 2.40. The summed E-state index contributed by atoms with van der Waals surface area (Å²) in [5.74, 6) is 0.805. The third kappa shape index (κ3) is 3.13. The van der Waals surface area contributed by atoms with E-state index in [0.717, 1.165) is 12.0 Å². The molecule has 1 N–H and O–H groups in total. The molecule has 3 aliphatic heterocycles. The number of hydrogen-bond donors (Lipinski definition) is 1. The second kappa shape index (κ2) is 6.51. The number of carbonyl (C=O) groups is 2. The van der Waals surface area contributed by atoms with Crippen molar-refractivity contribution in [2.75, 3.05) is 39.9 Å². The van der Waals surface area contributed by atoms with E-state index >= 15 is 0 Å². The molecule has 0 radical (unpaired) electrons. The summed E-state index contributed by atoms with van der Waals surface area (Å²) >= 11 is 0. The highest BCUT2D eigenvalue weighted by molar-refractivity contribution is 5.79. The Kier molecular flexibility index (Phi) is 4.20. The van der Waals surface area contributed by atoms with Crippen molar-refractivity contribution in [1.82, 2.24) is 20.1 Å². The SMILES string of the molecule is COc1ccc(C2CN(C(=O)N3CC[C@@H]4OCC(=O)N[C@@H]4C3)C2)cn1. The number of nitrogens with one attached hydrogen (secondary N) is 1. The number of hydrogen-bond acceptors (Lipinski definition) is 5. The molecule has 1 aromatic rings. The van der Waals surface area contributed by atoms with Crippen LogP contribution in [0.1, 0.15) is 17.9 Å². The molecule has 0 saturated carbocycles. The van der Waals surface area contributed by atoms with Crippen LogP contribution in [0.2, 0.25) is 0 Å². The fourth-order valence-corrected chi connectivity index (χ4v) is 3.67. The van der Waals surface area contributed by atoms with Gasteiger partial charge < -0.3 is 24.6 Å².